The Bertz CT molecular complexity index is 459. The van der Waals surface area contributed by atoms with Crippen LogP contribution in [0.1, 0.15) is 46.5 Å². The number of rotatable bonds is 7. The molecule has 0 aromatic rings. The predicted molar refractivity (Wildman–Crippen MR) is 86.3 cm³/mol. The van der Waals surface area contributed by atoms with E-state index in [0.717, 1.165) is 38.5 Å². The summed E-state index contributed by atoms with van der Waals surface area (Å²) >= 11 is 0. The molecular weight excluding hydrogens is 306 g/mol. The Morgan fingerprint density at radius 1 is 1.18 bits per heavy atom. The lowest BCUT2D eigenvalue weighted by atomic mass is 10.2. The van der Waals surface area contributed by atoms with Crippen LogP contribution in [0.4, 0.5) is 4.79 Å². The van der Waals surface area contributed by atoms with Crippen molar-refractivity contribution < 1.29 is 17.9 Å². The molecule has 1 aliphatic carbocycles. The van der Waals surface area contributed by atoms with Gasteiger partial charge in [0, 0.05) is 18.6 Å². The summed E-state index contributed by atoms with van der Waals surface area (Å²) in [5.74, 6) is 0. The molecule has 3 N–H and O–H groups in total. The first-order valence-electron chi connectivity index (χ1n) is 7.73. The topological polar surface area (TPSA) is 96.5 Å². The maximum Gasteiger partial charge on any atom is 0.407 e. The van der Waals surface area contributed by atoms with Crippen molar-refractivity contribution in [1.29, 1.82) is 0 Å². The monoisotopic (exact) mass is 335 g/mol. The van der Waals surface area contributed by atoms with Crippen molar-refractivity contribution in [3.63, 3.8) is 0 Å². The zero-order valence-electron chi connectivity index (χ0n) is 13.9. The van der Waals surface area contributed by atoms with Crippen molar-refractivity contribution in [1.82, 2.24) is 15.4 Å². The molecule has 0 heterocycles. The van der Waals surface area contributed by atoms with Crippen molar-refractivity contribution in [2.24, 2.45) is 0 Å². The highest BCUT2D eigenvalue weighted by Crippen LogP contribution is 2.19. The minimum atomic E-state index is -3.10. The fraction of sp³-hybridized carbons (Fsp3) is 0.929. The molecule has 8 heteroatoms. The summed E-state index contributed by atoms with van der Waals surface area (Å²) < 4.78 is 29.5. The number of carbonyl (C=O) groups is 1. The van der Waals surface area contributed by atoms with Gasteiger partial charge in [0.2, 0.25) is 10.0 Å². The first-order chi connectivity index (χ1) is 10.1. The number of carbonyl (C=O) groups excluding carboxylic acids is 1. The zero-order valence-corrected chi connectivity index (χ0v) is 14.8. The average Bonchev–Trinajstić information content (AvgIpc) is 2.72. The van der Waals surface area contributed by atoms with Crippen LogP contribution in [0.5, 0.6) is 0 Å². The summed E-state index contributed by atoms with van der Waals surface area (Å²) in [6, 6.07) is 0.500. The van der Waals surface area contributed by atoms with Crippen molar-refractivity contribution in [2.75, 3.05) is 19.3 Å². The Kier molecular flexibility index (Phi) is 7.08. The smallest absolute Gasteiger partial charge is 0.407 e. The molecule has 7 nitrogen and oxygen atoms in total. The molecule has 1 fully saturated rings. The lowest BCUT2D eigenvalue weighted by molar-refractivity contribution is 0.0505. The lowest BCUT2D eigenvalue weighted by Gasteiger charge is -2.21. The molecule has 0 aromatic carbocycles. The Morgan fingerprint density at radius 2 is 1.82 bits per heavy atom. The van der Waals surface area contributed by atoms with Gasteiger partial charge in [-0.25, -0.2) is 17.9 Å². The van der Waals surface area contributed by atoms with E-state index in [0.29, 0.717) is 12.6 Å². The second kappa shape index (κ2) is 8.12. The van der Waals surface area contributed by atoms with Gasteiger partial charge >= 0.3 is 6.09 Å². The largest absolute Gasteiger partial charge is 0.444 e. The Labute approximate surface area is 133 Å². The normalized spacial score (nSPS) is 22.5. The van der Waals surface area contributed by atoms with Crippen LogP contribution in [0.3, 0.4) is 0 Å². The number of hydrogen-bond donors (Lipinski definition) is 3. The van der Waals surface area contributed by atoms with Gasteiger partial charge in [-0.05, 0) is 53.0 Å². The fourth-order valence-corrected chi connectivity index (χ4v) is 2.94. The van der Waals surface area contributed by atoms with Crippen LogP contribution in [-0.4, -0.2) is 51.5 Å². The van der Waals surface area contributed by atoms with Crippen LogP contribution in [-0.2, 0) is 14.8 Å². The second-order valence-corrected chi connectivity index (χ2v) is 8.66. The predicted octanol–water partition coefficient (Wildman–Crippen LogP) is 0.961. The van der Waals surface area contributed by atoms with Crippen molar-refractivity contribution in [3.8, 4) is 0 Å². The molecule has 22 heavy (non-hydrogen) atoms. The average molecular weight is 335 g/mol. The van der Waals surface area contributed by atoms with Crippen LogP contribution in [0.15, 0.2) is 0 Å². The van der Waals surface area contributed by atoms with E-state index in [2.05, 4.69) is 15.4 Å². The summed E-state index contributed by atoms with van der Waals surface area (Å²) in [5, 5.41) is 6.29. The molecule has 1 saturated carbocycles. The molecule has 0 bridgehead atoms. The third-order valence-corrected chi connectivity index (χ3v) is 4.03. The van der Waals surface area contributed by atoms with Crippen LogP contribution < -0.4 is 15.4 Å². The molecule has 1 rings (SSSR count). The van der Waals surface area contributed by atoms with Gasteiger partial charge in [0.1, 0.15) is 5.60 Å². The molecule has 0 radical (unpaired) electrons. The van der Waals surface area contributed by atoms with E-state index in [1.165, 1.54) is 0 Å². The van der Waals surface area contributed by atoms with Crippen LogP contribution >= 0.6 is 0 Å². The number of sulfonamides is 1. The van der Waals surface area contributed by atoms with Gasteiger partial charge in [-0.1, -0.05) is 0 Å². The summed E-state index contributed by atoms with van der Waals surface area (Å²) in [6.45, 7) is 6.73. The number of hydrogen-bond acceptors (Lipinski definition) is 5. The molecule has 1 aliphatic rings. The van der Waals surface area contributed by atoms with E-state index in [1.807, 2.05) is 20.8 Å². The van der Waals surface area contributed by atoms with E-state index in [1.54, 1.807) is 0 Å². The van der Waals surface area contributed by atoms with E-state index in [9.17, 15) is 13.2 Å². The molecule has 0 spiro atoms. The highest BCUT2D eigenvalue weighted by molar-refractivity contribution is 7.88. The number of ether oxygens (including phenoxy) is 1. The van der Waals surface area contributed by atoms with Gasteiger partial charge in [0.25, 0.3) is 0 Å². The number of amides is 1. The Morgan fingerprint density at radius 3 is 2.41 bits per heavy atom. The number of nitrogens with one attached hydrogen (secondary N) is 3. The van der Waals surface area contributed by atoms with Gasteiger partial charge in [-0.2, -0.15) is 0 Å². The molecule has 0 aliphatic heterocycles. The Balaban J connectivity index is 2.14. The van der Waals surface area contributed by atoms with Crippen LogP contribution in [0.2, 0.25) is 0 Å². The quantitative estimate of drug-likeness (QED) is 0.602. The first-order valence-corrected chi connectivity index (χ1v) is 9.62. The summed E-state index contributed by atoms with van der Waals surface area (Å²) in [4.78, 5) is 11.7. The minimum absolute atomic E-state index is 0.140. The summed E-state index contributed by atoms with van der Waals surface area (Å²) in [5.41, 5.74) is -0.479. The standard InChI is InChI=1S/C14H29N3O4S/c1-14(2,3)21-13(18)17-12-7-6-11(10-12)15-8-5-9-16-22(4,19)20/h11-12,15-16H,5-10H2,1-4H3,(H,17,18). The SMILES string of the molecule is CC(C)(C)OC(=O)NC1CCC(NCCCNS(C)(=O)=O)C1. The fourth-order valence-electron chi connectivity index (χ4n) is 2.42. The summed E-state index contributed by atoms with van der Waals surface area (Å²) in [6.07, 6.45) is 4.34. The second-order valence-electron chi connectivity index (χ2n) is 6.83. The van der Waals surface area contributed by atoms with E-state index in [4.69, 9.17) is 4.74 Å². The lowest BCUT2D eigenvalue weighted by Crippen LogP contribution is -2.39. The molecular formula is C14H29N3O4S. The van der Waals surface area contributed by atoms with Gasteiger partial charge in [-0.3, -0.25) is 0 Å². The van der Waals surface area contributed by atoms with Crippen molar-refractivity contribution in [2.45, 2.75) is 64.1 Å². The molecule has 0 saturated heterocycles. The minimum Gasteiger partial charge on any atom is -0.444 e. The number of alkyl carbamates (subject to hydrolysis) is 1. The first kappa shape index (κ1) is 19.2. The maximum atomic E-state index is 11.7. The molecule has 2 atom stereocenters. The van der Waals surface area contributed by atoms with Gasteiger partial charge < -0.3 is 15.4 Å². The Hall–Kier alpha value is -0.860. The third kappa shape index (κ3) is 9.22. The molecule has 0 aromatic heterocycles. The highest BCUT2D eigenvalue weighted by atomic mass is 32.2. The third-order valence-electron chi connectivity index (χ3n) is 3.30. The zero-order chi connectivity index (χ0) is 16.8. The van der Waals surface area contributed by atoms with Gasteiger partial charge in [0.05, 0.1) is 6.26 Å². The van der Waals surface area contributed by atoms with Gasteiger partial charge in [-0.15, -0.1) is 0 Å². The molecule has 1 amide bonds. The van der Waals surface area contributed by atoms with Crippen molar-refractivity contribution in [3.05, 3.63) is 0 Å². The summed E-state index contributed by atoms with van der Waals surface area (Å²) in [7, 11) is -3.10. The van der Waals surface area contributed by atoms with E-state index < -0.39 is 15.6 Å². The van der Waals surface area contributed by atoms with Crippen LogP contribution in [0, 0.1) is 0 Å². The highest BCUT2D eigenvalue weighted by Gasteiger charge is 2.27. The maximum absolute atomic E-state index is 11.7. The van der Waals surface area contributed by atoms with E-state index >= 15 is 0 Å². The van der Waals surface area contributed by atoms with Crippen molar-refractivity contribution >= 4 is 16.1 Å². The van der Waals surface area contributed by atoms with Gasteiger partial charge in [0.15, 0.2) is 0 Å². The van der Waals surface area contributed by atoms with Crippen LogP contribution in [0.25, 0.3) is 0 Å². The molecule has 2 unspecified atom stereocenters. The molecule has 130 valence electrons. The van der Waals surface area contributed by atoms with E-state index in [-0.39, 0.29) is 12.1 Å².